The first-order chi connectivity index (χ1) is 12.9. The second kappa shape index (κ2) is 6.74. The third-order valence-corrected chi connectivity index (χ3v) is 6.04. The summed E-state index contributed by atoms with van der Waals surface area (Å²) in [5.74, 6) is -0.223. The van der Waals surface area contributed by atoms with Crippen molar-refractivity contribution in [3.63, 3.8) is 0 Å². The lowest BCUT2D eigenvalue weighted by Crippen LogP contribution is -2.27. The molecule has 4 nitrogen and oxygen atoms in total. The van der Waals surface area contributed by atoms with Crippen molar-refractivity contribution in [1.29, 1.82) is 0 Å². The van der Waals surface area contributed by atoms with Crippen molar-refractivity contribution in [1.82, 2.24) is 9.47 Å². The van der Waals surface area contributed by atoms with Crippen molar-refractivity contribution in [3.05, 3.63) is 76.0 Å². The lowest BCUT2D eigenvalue weighted by Gasteiger charge is -2.13. The number of fused-ring (bicyclic) bond motifs is 1. The highest BCUT2D eigenvalue weighted by molar-refractivity contribution is 8.18. The van der Waals surface area contributed by atoms with Crippen LogP contribution in [0.5, 0.6) is 0 Å². The summed E-state index contributed by atoms with van der Waals surface area (Å²) in [6, 6.07) is 16.1. The molecule has 1 aliphatic heterocycles. The minimum atomic E-state index is -0.223. The van der Waals surface area contributed by atoms with E-state index in [9.17, 15) is 9.59 Å². The number of aryl methyl sites for hydroxylation is 1. The first-order valence-electron chi connectivity index (χ1n) is 8.80. The van der Waals surface area contributed by atoms with Crippen LogP contribution < -0.4 is 0 Å². The Labute approximate surface area is 162 Å². The summed E-state index contributed by atoms with van der Waals surface area (Å²) in [7, 11) is 1.99. The molecule has 136 valence electrons. The van der Waals surface area contributed by atoms with Crippen LogP contribution in [0, 0.1) is 13.8 Å². The number of hydrogen-bond acceptors (Lipinski definition) is 3. The minimum absolute atomic E-state index is 0.218. The summed E-state index contributed by atoms with van der Waals surface area (Å²) in [5, 5.41) is 2.03. The summed E-state index contributed by atoms with van der Waals surface area (Å²) >= 11 is 1.01. The fourth-order valence-corrected chi connectivity index (χ4v) is 4.16. The molecule has 3 aromatic rings. The Bertz CT molecular complexity index is 1110. The van der Waals surface area contributed by atoms with Gasteiger partial charge in [0.15, 0.2) is 0 Å². The average molecular weight is 376 g/mol. The second-order valence-corrected chi connectivity index (χ2v) is 7.83. The molecule has 0 aliphatic carbocycles. The first kappa shape index (κ1) is 17.6. The molecule has 0 bridgehead atoms. The highest BCUT2D eigenvalue weighted by Gasteiger charge is 2.35. The largest absolute Gasteiger partial charge is 0.352 e. The highest BCUT2D eigenvalue weighted by atomic mass is 32.2. The Kier molecular flexibility index (Phi) is 4.40. The predicted octanol–water partition coefficient (Wildman–Crippen LogP) is 5.03. The molecule has 4 rings (SSSR count). The van der Waals surface area contributed by atoms with E-state index >= 15 is 0 Å². The lowest BCUT2D eigenvalue weighted by molar-refractivity contribution is -0.123. The SMILES string of the molecule is Cc1cc(/C=C2\SC(=O)N(Cc3ccc4ccccc4c3)C2=O)c(C)n1C. The number of thioether (sulfide) groups is 1. The summed E-state index contributed by atoms with van der Waals surface area (Å²) in [6.45, 7) is 4.33. The molecule has 0 atom stereocenters. The van der Waals surface area contributed by atoms with Crippen LogP contribution in [0.25, 0.3) is 16.8 Å². The van der Waals surface area contributed by atoms with Crippen LogP contribution in [0.4, 0.5) is 4.79 Å². The number of rotatable bonds is 3. The fourth-order valence-electron chi connectivity index (χ4n) is 3.33. The van der Waals surface area contributed by atoms with Gasteiger partial charge in [-0.2, -0.15) is 0 Å². The van der Waals surface area contributed by atoms with E-state index in [1.165, 1.54) is 4.90 Å². The lowest BCUT2D eigenvalue weighted by atomic mass is 10.1. The molecule has 0 saturated carbocycles. The molecule has 0 N–H and O–H groups in total. The summed E-state index contributed by atoms with van der Waals surface area (Å²) in [4.78, 5) is 27.0. The van der Waals surface area contributed by atoms with Crippen LogP contribution in [0.3, 0.4) is 0 Å². The highest BCUT2D eigenvalue weighted by Crippen LogP contribution is 2.34. The Balaban J connectivity index is 1.60. The zero-order chi connectivity index (χ0) is 19.1. The molecule has 5 heteroatoms. The topological polar surface area (TPSA) is 42.3 Å². The average Bonchev–Trinajstić information content (AvgIpc) is 3.06. The van der Waals surface area contributed by atoms with Gasteiger partial charge in [0.2, 0.25) is 0 Å². The third-order valence-electron chi connectivity index (χ3n) is 5.13. The van der Waals surface area contributed by atoms with Crippen molar-refractivity contribution < 1.29 is 9.59 Å². The van der Waals surface area contributed by atoms with Gasteiger partial charge in [0, 0.05) is 18.4 Å². The van der Waals surface area contributed by atoms with Crippen LogP contribution in [-0.2, 0) is 18.4 Å². The molecule has 27 heavy (non-hydrogen) atoms. The van der Waals surface area contributed by atoms with Crippen molar-refractivity contribution in [3.8, 4) is 0 Å². The van der Waals surface area contributed by atoms with E-state index in [-0.39, 0.29) is 11.1 Å². The van der Waals surface area contributed by atoms with Gasteiger partial charge in [0.05, 0.1) is 11.4 Å². The van der Waals surface area contributed by atoms with Crippen molar-refractivity contribution in [2.24, 2.45) is 7.05 Å². The number of nitrogens with zero attached hydrogens (tertiary/aromatic N) is 2. The number of aromatic nitrogens is 1. The fraction of sp³-hybridized carbons (Fsp3) is 0.182. The standard InChI is InChI=1S/C22H20N2O2S/c1-14-10-19(15(2)23(14)3)12-20-21(25)24(22(26)27-20)13-16-8-9-17-6-4-5-7-18(17)11-16/h4-12H,13H2,1-3H3/b20-12-. The van der Waals surface area contributed by atoms with E-state index in [2.05, 4.69) is 4.57 Å². The van der Waals surface area contributed by atoms with Crippen molar-refractivity contribution in [2.75, 3.05) is 0 Å². The Morgan fingerprint density at radius 2 is 1.74 bits per heavy atom. The van der Waals surface area contributed by atoms with Crippen LogP contribution in [0.15, 0.2) is 53.4 Å². The molecule has 1 saturated heterocycles. The van der Waals surface area contributed by atoms with Gasteiger partial charge in [-0.1, -0.05) is 36.4 Å². The second-order valence-electron chi connectivity index (χ2n) is 6.83. The number of carbonyl (C=O) groups excluding carboxylic acids is 2. The van der Waals surface area contributed by atoms with Gasteiger partial charge in [-0.15, -0.1) is 0 Å². The third kappa shape index (κ3) is 3.19. The first-order valence-corrected chi connectivity index (χ1v) is 9.61. The van der Waals surface area contributed by atoms with E-state index < -0.39 is 0 Å². The summed E-state index contributed by atoms with van der Waals surface area (Å²) in [6.07, 6.45) is 1.83. The Morgan fingerprint density at radius 1 is 1.00 bits per heavy atom. The van der Waals surface area contributed by atoms with Gasteiger partial charge < -0.3 is 4.57 Å². The van der Waals surface area contributed by atoms with E-state index in [1.54, 1.807) is 0 Å². The minimum Gasteiger partial charge on any atom is -0.352 e. The molecule has 2 heterocycles. The van der Waals surface area contributed by atoms with Crippen LogP contribution >= 0.6 is 11.8 Å². The number of benzene rings is 2. The van der Waals surface area contributed by atoms with E-state index in [0.717, 1.165) is 45.0 Å². The molecule has 2 amide bonds. The quantitative estimate of drug-likeness (QED) is 0.602. The normalized spacial score (nSPS) is 16.1. The molecular weight excluding hydrogens is 356 g/mol. The smallest absolute Gasteiger partial charge is 0.293 e. The number of carbonyl (C=O) groups is 2. The van der Waals surface area contributed by atoms with Crippen molar-refractivity contribution >= 4 is 39.8 Å². The number of imide groups is 1. The number of hydrogen-bond donors (Lipinski definition) is 0. The zero-order valence-electron chi connectivity index (χ0n) is 15.5. The molecule has 0 radical (unpaired) electrons. The molecule has 0 spiro atoms. The maximum atomic E-state index is 12.8. The monoisotopic (exact) mass is 376 g/mol. The molecule has 0 unspecified atom stereocenters. The van der Waals surface area contributed by atoms with Gasteiger partial charge in [-0.3, -0.25) is 14.5 Å². The van der Waals surface area contributed by atoms with Gasteiger partial charge >= 0.3 is 0 Å². The maximum Gasteiger partial charge on any atom is 0.293 e. The van der Waals surface area contributed by atoms with E-state index in [1.807, 2.05) is 75.5 Å². The summed E-state index contributed by atoms with van der Waals surface area (Å²) < 4.78 is 2.07. The Morgan fingerprint density at radius 3 is 2.44 bits per heavy atom. The van der Waals surface area contributed by atoms with Crippen LogP contribution in [-0.4, -0.2) is 20.6 Å². The molecule has 2 aromatic carbocycles. The van der Waals surface area contributed by atoms with E-state index in [4.69, 9.17) is 0 Å². The maximum absolute atomic E-state index is 12.8. The predicted molar refractivity (Wildman–Crippen MR) is 110 cm³/mol. The number of amides is 2. The van der Waals surface area contributed by atoms with E-state index in [0.29, 0.717) is 11.4 Å². The van der Waals surface area contributed by atoms with Gasteiger partial charge in [0.1, 0.15) is 0 Å². The molecule has 1 aromatic heterocycles. The zero-order valence-corrected chi connectivity index (χ0v) is 16.3. The van der Waals surface area contributed by atoms with Crippen LogP contribution in [0.2, 0.25) is 0 Å². The van der Waals surface area contributed by atoms with Gasteiger partial charge in [-0.05, 0) is 65.7 Å². The summed E-state index contributed by atoms with van der Waals surface area (Å²) in [5.41, 5.74) is 4.12. The van der Waals surface area contributed by atoms with Crippen molar-refractivity contribution in [2.45, 2.75) is 20.4 Å². The van der Waals surface area contributed by atoms with Crippen LogP contribution in [0.1, 0.15) is 22.5 Å². The molecule has 1 aliphatic rings. The Hall–Kier alpha value is -2.79. The molecular formula is C22H20N2O2S. The van der Waals surface area contributed by atoms with Gasteiger partial charge in [0.25, 0.3) is 11.1 Å². The molecule has 1 fully saturated rings. The van der Waals surface area contributed by atoms with Gasteiger partial charge in [-0.25, -0.2) is 0 Å².